The number of pyridine rings is 2. The third-order valence-corrected chi connectivity index (χ3v) is 4.24. The zero-order chi connectivity index (χ0) is 18.9. The molecule has 8 heteroatoms. The fourth-order valence-corrected chi connectivity index (χ4v) is 2.72. The molecule has 0 radical (unpaired) electrons. The van der Waals surface area contributed by atoms with Crippen LogP contribution in [0, 0.1) is 0 Å². The number of rotatable bonds is 7. The van der Waals surface area contributed by atoms with Crippen LogP contribution in [0.1, 0.15) is 26.4 Å². The van der Waals surface area contributed by atoms with Crippen LogP contribution < -0.4 is 10.6 Å². The van der Waals surface area contributed by atoms with Crippen LogP contribution in [0.25, 0.3) is 0 Å². The molecule has 0 aromatic carbocycles. The van der Waals surface area contributed by atoms with Crippen LogP contribution in [0.3, 0.4) is 0 Å². The molecule has 0 unspecified atom stereocenters. The molecule has 1 aliphatic heterocycles. The molecule has 1 fully saturated rings. The molecule has 0 spiro atoms. The van der Waals surface area contributed by atoms with Gasteiger partial charge in [-0.05, 0) is 18.2 Å². The highest BCUT2D eigenvalue weighted by Gasteiger charge is 2.13. The zero-order valence-electron chi connectivity index (χ0n) is 15.1. The van der Waals surface area contributed by atoms with Crippen molar-refractivity contribution in [1.29, 1.82) is 0 Å². The van der Waals surface area contributed by atoms with Crippen molar-refractivity contribution < 1.29 is 14.3 Å². The Balaban J connectivity index is 1.49. The van der Waals surface area contributed by atoms with E-state index in [1.54, 1.807) is 12.3 Å². The molecule has 3 rings (SSSR count). The van der Waals surface area contributed by atoms with Gasteiger partial charge in [-0.2, -0.15) is 0 Å². The summed E-state index contributed by atoms with van der Waals surface area (Å²) in [5.41, 5.74) is 1.46. The van der Waals surface area contributed by atoms with Gasteiger partial charge in [-0.1, -0.05) is 6.07 Å². The number of aromatic nitrogens is 2. The number of nitrogens with one attached hydrogen (secondary N) is 2. The molecule has 2 aromatic heterocycles. The Kier molecular flexibility index (Phi) is 6.84. The lowest BCUT2D eigenvalue weighted by atomic mass is 10.2. The number of nitrogens with zero attached hydrogens (tertiary/aromatic N) is 3. The molecule has 142 valence electrons. The SMILES string of the molecule is O=C(NCCN1CCOCC1)c1cncc(C(=O)NCc2ccccn2)c1. The molecule has 2 amide bonds. The predicted molar refractivity (Wildman–Crippen MR) is 99.2 cm³/mol. The molecular weight excluding hydrogens is 346 g/mol. The average molecular weight is 369 g/mol. The van der Waals surface area contributed by atoms with Gasteiger partial charge in [0.15, 0.2) is 0 Å². The summed E-state index contributed by atoms with van der Waals surface area (Å²) in [7, 11) is 0. The summed E-state index contributed by atoms with van der Waals surface area (Å²) < 4.78 is 5.30. The summed E-state index contributed by atoms with van der Waals surface area (Å²) in [4.78, 5) is 35.0. The predicted octanol–water partition coefficient (Wildman–Crippen LogP) is 0.469. The second-order valence-corrected chi connectivity index (χ2v) is 6.18. The summed E-state index contributed by atoms with van der Waals surface area (Å²) >= 11 is 0. The molecule has 1 saturated heterocycles. The van der Waals surface area contributed by atoms with E-state index >= 15 is 0 Å². The van der Waals surface area contributed by atoms with Crippen molar-refractivity contribution in [3.05, 3.63) is 59.7 Å². The van der Waals surface area contributed by atoms with E-state index < -0.39 is 0 Å². The molecule has 0 aliphatic carbocycles. The molecular formula is C19H23N5O3. The first-order chi connectivity index (χ1) is 13.2. The van der Waals surface area contributed by atoms with E-state index in [-0.39, 0.29) is 11.8 Å². The highest BCUT2D eigenvalue weighted by atomic mass is 16.5. The van der Waals surface area contributed by atoms with Crippen molar-refractivity contribution in [2.45, 2.75) is 6.54 Å². The van der Waals surface area contributed by atoms with Gasteiger partial charge in [-0.3, -0.25) is 24.5 Å². The smallest absolute Gasteiger partial charge is 0.253 e. The summed E-state index contributed by atoms with van der Waals surface area (Å²) in [6.45, 7) is 4.84. The number of carbonyl (C=O) groups is 2. The summed E-state index contributed by atoms with van der Waals surface area (Å²) in [5, 5.41) is 5.64. The van der Waals surface area contributed by atoms with E-state index in [4.69, 9.17) is 4.74 Å². The van der Waals surface area contributed by atoms with Crippen LogP contribution in [0.5, 0.6) is 0 Å². The summed E-state index contributed by atoms with van der Waals surface area (Å²) in [6, 6.07) is 7.05. The zero-order valence-corrected chi connectivity index (χ0v) is 15.1. The van der Waals surface area contributed by atoms with Crippen molar-refractivity contribution in [1.82, 2.24) is 25.5 Å². The van der Waals surface area contributed by atoms with E-state index in [0.29, 0.717) is 24.2 Å². The number of ether oxygens (including phenoxy) is 1. The van der Waals surface area contributed by atoms with Crippen LogP contribution in [0.15, 0.2) is 42.9 Å². The van der Waals surface area contributed by atoms with Gasteiger partial charge in [-0.25, -0.2) is 0 Å². The van der Waals surface area contributed by atoms with Gasteiger partial charge in [0.05, 0.1) is 36.6 Å². The minimum absolute atomic E-state index is 0.241. The van der Waals surface area contributed by atoms with Gasteiger partial charge < -0.3 is 15.4 Å². The highest BCUT2D eigenvalue weighted by Crippen LogP contribution is 2.04. The van der Waals surface area contributed by atoms with Crippen LogP contribution >= 0.6 is 0 Å². The lowest BCUT2D eigenvalue weighted by molar-refractivity contribution is 0.0383. The molecule has 0 saturated carbocycles. The number of hydrogen-bond donors (Lipinski definition) is 2. The van der Waals surface area contributed by atoms with E-state index in [1.807, 2.05) is 18.2 Å². The van der Waals surface area contributed by atoms with Crippen molar-refractivity contribution in [2.75, 3.05) is 39.4 Å². The standard InChI is InChI=1S/C19H23N5O3/c25-18(22-5-6-24-7-9-27-10-8-24)15-11-16(13-20-12-15)19(26)23-14-17-3-1-2-4-21-17/h1-4,11-13H,5-10,14H2,(H,22,25)(H,23,26). The van der Waals surface area contributed by atoms with E-state index in [9.17, 15) is 9.59 Å². The first-order valence-corrected chi connectivity index (χ1v) is 8.94. The van der Waals surface area contributed by atoms with Crippen LogP contribution in [0.2, 0.25) is 0 Å². The maximum atomic E-state index is 12.3. The monoisotopic (exact) mass is 369 g/mol. The Bertz CT molecular complexity index is 763. The molecule has 8 nitrogen and oxygen atoms in total. The van der Waals surface area contributed by atoms with E-state index in [0.717, 1.165) is 38.5 Å². The lowest BCUT2D eigenvalue weighted by Crippen LogP contribution is -2.41. The normalized spacial score (nSPS) is 14.5. The minimum atomic E-state index is -0.295. The average Bonchev–Trinajstić information content (AvgIpc) is 2.73. The van der Waals surface area contributed by atoms with E-state index in [2.05, 4.69) is 25.5 Å². The Morgan fingerprint density at radius 1 is 1.07 bits per heavy atom. The van der Waals surface area contributed by atoms with Gasteiger partial charge in [0.2, 0.25) is 0 Å². The molecule has 2 N–H and O–H groups in total. The second-order valence-electron chi connectivity index (χ2n) is 6.18. The van der Waals surface area contributed by atoms with Crippen molar-refractivity contribution in [3.8, 4) is 0 Å². The topological polar surface area (TPSA) is 96.5 Å². The third kappa shape index (κ3) is 5.83. The number of carbonyl (C=O) groups excluding carboxylic acids is 2. The fraction of sp³-hybridized carbons (Fsp3) is 0.368. The maximum absolute atomic E-state index is 12.3. The molecule has 3 heterocycles. The number of hydrogen-bond acceptors (Lipinski definition) is 6. The molecule has 27 heavy (non-hydrogen) atoms. The quantitative estimate of drug-likeness (QED) is 0.736. The lowest BCUT2D eigenvalue weighted by Gasteiger charge is -2.26. The first kappa shape index (κ1) is 18.9. The van der Waals surface area contributed by atoms with Gasteiger partial charge in [-0.15, -0.1) is 0 Å². The van der Waals surface area contributed by atoms with E-state index in [1.165, 1.54) is 12.4 Å². The van der Waals surface area contributed by atoms with Crippen LogP contribution in [-0.4, -0.2) is 66.1 Å². The summed E-state index contributed by atoms with van der Waals surface area (Å²) in [6.07, 6.45) is 4.57. The Morgan fingerprint density at radius 3 is 2.52 bits per heavy atom. The molecule has 0 atom stereocenters. The van der Waals surface area contributed by atoms with Crippen LogP contribution in [0.4, 0.5) is 0 Å². The van der Waals surface area contributed by atoms with Crippen molar-refractivity contribution >= 4 is 11.8 Å². The second kappa shape index (κ2) is 9.75. The maximum Gasteiger partial charge on any atom is 0.253 e. The van der Waals surface area contributed by atoms with Crippen molar-refractivity contribution in [3.63, 3.8) is 0 Å². The summed E-state index contributed by atoms with van der Waals surface area (Å²) in [5.74, 6) is -0.536. The minimum Gasteiger partial charge on any atom is -0.379 e. The Morgan fingerprint density at radius 2 is 1.81 bits per heavy atom. The first-order valence-electron chi connectivity index (χ1n) is 8.94. The number of amides is 2. The largest absolute Gasteiger partial charge is 0.379 e. The molecule has 1 aliphatic rings. The molecule has 0 bridgehead atoms. The van der Waals surface area contributed by atoms with Gasteiger partial charge in [0, 0.05) is 44.8 Å². The highest BCUT2D eigenvalue weighted by molar-refractivity contribution is 5.99. The van der Waals surface area contributed by atoms with Crippen molar-refractivity contribution in [2.24, 2.45) is 0 Å². The van der Waals surface area contributed by atoms with Gasteiger partial charge in [0.25, 0.3) is 11.8 Å². The van der Waals surface area contributed by atoms with Gasteiger partial charge in [0.1, 0.15) is 0 Å². The Labute approximate surface area is 158 Å². The van der Waals surface area contributed by atoms with Crippen LogP contribution in [-0.2, 0) is 11.3 Å². The third-order valence-electron chi connectivity index (χ3n) is 4.24. The van der Waals surface area contributed by atoms with Gasteiger partial charge >= 0.3 is 0 Å². The Hall–Kier alpha value is -2.84. The number of morpholine rings is 1. The fourth-order valence-electron chi connectivity index (χ4n) is 2.72. The molecule has 2 aromatic rings.